The second kappa shape index (κ2) is 7.55. The van der Waals surface area contributed by atoms with Gasteiger partial charge in [-0.15, -0.1) is 0 Å². The topological polar surface area (TPSA) is 29.1 Å². The third-order valence-electron chi connectivity index (χ3n) is 4.03. The summed E-state index contributed by atoms with van der Waals surface area (Å²) in [6.45, 7) is 12.7. The molecule has 0 heterocycles. The zero-order valence-corrected chi connectivity index (χ0v) is 15.2. The zero-order chi connectivity index (χ0) is 16.1. The summed E-state index contributed by atoms with van der Waals surface area (Å²) in [7, 11) is -1.08. The number of hydrogen-bond acceptors (Lipinski definition) is 1. The maximum absolute atomic E-state index is 12.7. The van der Waals surface area contributed by atoms with E-state index in [1.54, 1.807) is 0 Å². The van der Waals surface area contributed by atoms with Crippen LogP contribution in [0.15, 0.2) is 30.3 Å². The van der Waals surface area contributed by atoms with Crippen LogP contribution < -0.4 is 4.72 Å². The van der Waals surface area contributed by atoms with Crippen LogP contribution in [0.25, 0.3) is 0 Å². The highest BCUT2D eigenvalue weighted by Gasteiger charge is 2.38. The van der Waals surface area contributed by atoms with E-state index >= 15 is 0 Å². The molecule has 1 aromatic carbocycles. The van der Waals surface area contributed by atoms with Gasteiger partial charge in [-0.05, 0) is 38.7 Å². The third kappa shape index (κ3) is 4.65. The van der Waals surface area contributed by atoms with Gasteiger partial charge >= 0.3 is 0 Å². The number of nitrogens with one attached hydrogen (secondary N) is 1. The normalized spacial score (nSPS) is 16.7. The lowest BCUT2D eigenvalue weighted by Gasteiger charge is -2.40. The number of unbranched alkanes of at least 4 members (excludes halogenated alkanes) is 1. The Morgan fingerprint density at radius 1 is 1.14 bits per heavy atom. The van der Waals surface area contributed by atoms with Crippen molar-refractivity contribution in [3.63, 3.8) is 0 Å². The van der Waals surface area contributed by atoms with Crippen LogP contribution in [0.4, 0.5) is 0 Å². The summed E-state index contributed by atoms with van der Waals surface area (Å²) in [6, 6.07) is 10.5. The molecule has 2 atom stereocenters. The molecular weight excluding hydrogens is 278 g/mol. The van der Waals surface area contributed by atoms with Crippen molar-refractivity contribution in [1.29, 1.82) is 0 Å². The van der Waals surface area contributed by atoms with Crippen molar-refractivity contribution >= 4 is 11.0 Å². The Kier molecular flexibility index (Phi) is 6.61. The molecule has 0 amide bonds. The molecule has 3 heteroatoms. The van der Waals surface area contributed by atoms with Crippen molar-refractivity contribution in [1.82, 2.24) is 4.72 Å². The monoisotopic (exact) mass is 309 g/mol. The lowest BCUT2D eigenvalue weighted by Crippen LogP contribution is -2.51. The van der Waals surface area contributed by atoms with E-state index in [0.29, 0.717) is 5.92 Å². The molecule has 0 radical (unpaired) electrons. The van der Waals surface area contributed by atoms with Crippen LogP contribution in [-0.2, 0) is 16.5 Å². The fourth-order valence-electron chi connectivity index (χ4n) is 2.50. The highest BCUT2D eigenvalue weighted by Crippen LogP contribution is 2.36. The Morgan fingerprint density at radius 2 is 1.71 bits per heavy atom. The van der Waals surface area contributed by atoms with Gasteiger partial charge in [0.05, 0.1) is 21.3 Å². The summed E-state index contributed by atoms with van der Waals surface area (Å²) in [5, 5.41) is 0. The van der Waals surface area contributed by atoms with Gasteiger partial charge in [0, 0.05) is 0 Å². The summed E-state index contributed by atoms with van der Waals surface area (Å²) >= 11 is 0. The van der Waals surface area contributed by atoms with E-state index in [9.17, 15) is 4.21 Å². The number of rotatable bonds is 7. The minimum Gasteiger partial charge on any atom is -0.242 e. The maximum Gasteiger partial charge on any atom is 0.0978 e. The first-order chi connectivity index (χ1) is 9.74. The first kappa shape index (κ1) is 18.4. The summed E-state index contributed by atoms with van der Waals surface area (Å²) in [6.07, 6.45) is 3.28. The molecule has 0 aliphatic heterocycles. The first-order valence-corrected chi connectivity index (χ1v) is 9.14. The molecule has 0 saturated heterocycles. The summed E-state index contributed by atoms with van der Waals surface area (Å²) in [5.74, 6) is 0.373. The van der Waals surface area contributed by atoms with Crippen molar-refractivity contribution in [3.8, 4) is 0 Å². The van der Waals surface area contributed by atoms with Gasteiger partial charge in [0.1, 0.15) is 0 Å². The van der Waals surface area contributed by atoms with Gasteiger partial charge in [-0.3, -0.25) is 0 Å². The molecule has 0 aliphatic carbocycles. The Morgan fingerprint density at radius 3 is 2.14 bits per heavy atom. The molecule has 1 aromatic rings. The van der Waals surface area contributed by atoms with Gasteiger partial charge in [0.25, 0.3) is 0 Å². The SMILES string of the molecule is CCCCC(NS(=O)C(C)(C)C)(c1ccccc1)C(C)C. The lowest BCUT2D eigenvalue weighted by molar-refractivity contribution is 0.258. The average molecular weight is 310 g/mol. The van der Waals surface area contributed by atoms with Crippen molar-refractivity contribution in [3.05, 3.63) is 35.9 Å². The van der Waals surface area contributed by atoms with E-state index in [1.165, 1.54) is 5.56 Å². The molecule has 21 heavy (non-hydrogen) atoms. The fraction of sp³-hybridized carbons (Fsp3) is 0.667. The van der Waals surface area contributed by atoms with Crippen LogP contribution in [0, 0.1) is 5.92 Å². The highest BCUT2D eigenvalue weighted by atomic mass is 32.2. The van der Waals surface area contributed by atoms with E-state index in [1.807, 2.05) is 26.8 Å². The molecular formula is C18H31NOS. The second-order valence-electron chi connectivity index (χ2n) is 7.08. The van der Waals surface area contributed by atoms with E-state index in [-0.39, 0.29) is 10.3 Å². The van der Waals surface area contributed by atoms with Crippen molar-refractivity contribution < 1.29 is 4.21 Å². The van der Waals surface area contributed by atoms with Gasteiger partial charge in [-0.25, -0.2) is 8.93 Å². The lowest BCUT2D eigenvalue weighted by atomic mass is 9.77. The quantitative estimate of drug-likeness (QED) is 0.771. The minimum absolute atomic E-state index is 0.227. The second-order valence-corrected chi connectivity index (χ2v) is 9.05. The van der Waals surface area contributed by atoms with Crippen LogP contribution in [-0.4, -0.2) is 8.96 Å². The van der Waals surface area contributed by atoms with E-state index in [4.69, 9.17) is 0 Å². The van der Waals surface area contributed by atoms with Crippen LogP contribution in [0.5, 0.6) is 0 Å². The molecule has 0 fully saturated rings. The van der Waals surface area contributed by atoms with Crippen LogP contribution in [0.3, 0.4) is 0 Å². The molecule has 1 N–H and O–H groups in total. The van der Waals surface area contributed by atoms with E-state index in [2.05, 4.69) is 49.8 Å². The Hall–Kier alpha value is -0.670. The van der Waals surface area contributed by atoms with E-state index in [0.717, 1.165) is 19.3 Å². The Labute approximate surface area is 133 Å². The largest absolute Gasteiger partial charge is 0.242 e. The highest BCUT2D eigenvalue weighted by molar-refractivity contribution is 7.84. The number of benzene rings is 1. The van der Waals surface area contributed by atoms with Crippen LogP contribution in [0.2, 0.25) is 0 Å². The summed E-state index contributed by atoms with van der Waals surface area (Å²) < 4.78 is 16.0. The zero-order valence-electron chi connectivity index (χ0n) is 14.4. The molecule has 0 bridgehead atoms. The predicted molar refractivity (Wildman–Crippen MR) is 93.5 cm³/mol. The van der Waals surface area contributed by atoms with E-state index < -0.39 is 11.0 Å². The smallest absolute Gasteiger partial charge is 0.0978 e. The maximum atomic E-state index is 12.7. The molecule has 0 spiro atoms. The molecule has 120 valence electrons. The van der Waals surface area contributed by atoms with Gasteiger partial charge in [-0.1, -0.05) is 63.9 Å². The first-order valence-electron chi connectivity index (χ1n) is 7.99. The van der Waals surface area contributed by atoms with Crippen molar-refractivity contribution in [2.24, 2.45) is 5.92 Å². The van der Waals surface area contributed by atoms with Crippen LogP contribution in [0.1, 0.15) is 66.4 Å². The summed E-state index contributed by atoms with van der Waals surface area (Å²) in [5.41, 5.74) is 1.01. The molecule has 0 saturated carbocycles. The van der Waals surface area contributed by atoms with Crippen molar-refractivity contribution in [2.45, 2.75) is 71.1 Å². The average Bonchev–Trinajstić information content (AvgIpc) is 2.42. The number of hydrogen-bond donors (Lipinski definition) is 1. The Bertz CT molecular complexity index is 450. The van der Waals surface area contributed by atoms with Crippen LogP contribution >= 0.6 is 0 Å². The molecule has 0 aromatic heterocycles. The molecule has 1 rings (SSSR count). The minimum atomic E-state index is -1.08. The van der Waals surface area contributed by atoms with Gasteiger partial charge < -0.3 is 0 Å². The molecule has 2 unspecified atom stereocenters. The van der Waals surface area contributed by atoms with Gasteiger partial charge in [0.15, 0.2) is 0 Å². The molecule has 0 aliphatic rings. The standard InChI is InChI=1S/C18H31NOS/c1-7-8-14-18(15(2)3,16-12-10-9-11-13-16)19-21(20)17(4,5)6/h9-13,15,19H,7-8,14H2,1-6H3. The fourth-order valence-corrected chi connectivity index (χ4v) is 3.60. The van der Waals surface area contributed by atoms with Crippen molar-refractivity contribution in [2.75, 3.05) is 0 Å². The van der Waals surface area contributed by atoms with Gasteiger partial charge in [-0.2, -0.15) is 0 Å². The van der Waals surface area contributed by atoms with Gasteiger partial charge in [0.2, 0.25) is 0 Å². The summed E-state index contributed by atoms with van der Waals surface area (Å²) in [4.78, 5) is 0. The Balaban J connectivity index is 3.22. The third-order valence-corrected chi connectivity index (χ3v) is 5.69. The molecule has 2 nitrogen and oxygen atoms in total. The predicted octanol–water partition coefficient (Wildman–Crippen LogP) is 4.78.